The van der Waals surface area contributed by atoms with Crippen LogP contribution in [0.4, 0.5) is 4.79 Å². The van der Waals surface area contributed by atoms with Crippen LogP contribution in [0, 0.1) is 5.92 Å². The SMILES string of the molecule is CCOCC1CCC(N2CCC(N(C(=O)NC)C3CCCCC3)CC2)CC1. The van der Waals surface area contributed by atoms with E-state index in [0.717, 1.165) is 51.1 Å². The number of nitrogens with zero attached hydrogens (tertiary/aromatic N) is 2. The van der Waals surface area contributed by atoms with E-state index in [4.69, 9.17) is 4.74 Å². The molecule has 0 radical (unpaired) electrons. The first-order valence-electron chi connectivity index (χ1n) is 11.5. The van der Waals surface area contributed by atoms with Crippen molar-refractivity contribution in [2.45, 2.75) is 95.7 Å². The Morgan fingerprint density at radius 3 is 2.19 bits per heavy atom. The molecular weight excluding hydrogens is 338 g/mol. The monoisotopic (exact) mass is 379 g/mol. The van der Waals surface area contributed by atoms with Gasteiger partial charge >= 0.3 is 6.03 Å². The molecule has 2 amide bonds. The van der Waals surface area contributed by atoms with E-state index in [0.29, 0.717) is 12.1 Å². The first kappa shape index (κ1) is 20.9. The largest absolute Gasteiger partial charge is 0.381 e. The second-order valence-electron chi connectivity index (χ2n) is 8.86. The summed E-state index contributed by atoms with van der Waals surface area (Å²) in [4.78, 5) is 17.6. The molecule has 0 aromatic carbocycles. The lowest BCUT2D eigenvalue weighted by Crippen LogP contribution is -2.55. The Hall–Kier alpha value is -0.810. The van der Waals surface area contributed by atoms with Crippen molar-refractivity contribution in [2.24, 2.45) is 5.92 Å². The van der Waals surface area contributed by atoms with Crippen LogP contribution in [-0.2, 0) is 4.74 Å². The lowest BCUT2D eigenvalue weighted by atomic mass is 9.84. The van der Waals surface area contributed by atoms with E-state index < -0.39 is 0 Å². The van der Waals surface area contributed by atoms with Crippen LogP contribution in [0.1, 0.15) is 77.6 Å². The van der Waals surface area contributed by atoms with Gasteiger partial charge in [-0.3, -0.25) is 0 Å². The van der Waals surface area contributed by atoms with E-state index in [2.05, 4.69) is 22.0 Å². The summed E-state index contributed by atoms with van der Waals surface area (Å²) in [6.45, 7) is 6.20. The zero-order chi connectivity index (χ0) is 19.1. The molecule has 3 aliphatic rings. The smallest absolute Gasteiger partial charge is 0.317 e. The Bertz CT molecular complexity index is 437. The second kappa shape index (κ2) is 10.7. The summed E-state index contributed by atoms with van der Waals surface area (Å²) in [5.41, 5.74) is 0. The Labute approximate surface area is 166 Å². The summed E-state index contributed by atoms with van der Waals surface area (Å²) in [6, 6.07) is 1.80. The van der Waals surface area contributed by atoms with E-state index in [1.165, 1.54) is 57.8 Å². The number of carbonyl (C=O) groups is 1. The fourth-order valence-electron chi connectivity index (χ4n) is 5.61. The van der Waals surface area contributed by atoms with Gasteiger partial charge in [0.25, 0.3) is 0 Å². The normalized spacial score (nSPS) is 28.8. The van der Waals surface area contributed by atoms with E-state index in [1.807, 2.05) is 0 Å². The Morgan fingerprint density at radius 1 is 0.963 bits per heavy atom. The van der Waals surface area contributed by atoms with E-state index in [9.17, 15) is 4.79 Å². The first-order valence-corrected chi connectivity index (χ1v) is 11.5. The van der Waals surface area contributed by atoms with Crippen molar-refractivity contribution in [1.82, 2.24) is 15.1 Å². The molecule has 1 saturated heterocycles. The lowest BCUT2D eigenvalue weighted by Gasteiger charge is -2.46. The average Bonchev–Trinajstić information content (AvgIpc) is 2.74. The lowest BCUT2D eigenvalue weighted by molar-refractivity contribution is 0.0404. The molecule has 5 nitrogen and oxygen atoms in total. The van der Waals surface area contributed by atoms with Gasteiger partial charge in [-0.2, -0.15) is 0 Å². The Morgan fingerprint density at radius 2 is 1.59 bits per heavy atom. The molecule has 0 bridgehead atoms. The molecule has 1 aliphatic heterocycles. The van der Waals surface area contributed by atoms with Crippen LogP contribution in [0.3, 0.4) is 0 Å². The quantitative estimate of drug-likeness (QED) is 0.758. The number of piperidine rings is 1. The highest BCUT2D eigenvalue weighted by Gasteiger charge is 2.35. The zero-order valence-electron chi connectivity index (χ0n) is 17.6. The third kappa shape index (κ3) is 5.60. The third-order valence-electron chi connectivity index (χ3n) is 7.20. The van der Waals surface area contributed by atoms with Crippen LogP contribution in [0.25, 0.3) is 0 Å². The number of amides is 2. The molecule has 0 unspecified atom stereocenters. The predicted molar refractivity (Wildman–Crippen MR) is 110 cm³/mol. The van der Waals surface area contributed by atoms with Gasteiger partial charge in [0.2, 0.25) is 0 Å². The summed E-state index contributed by atoms with van der Waals surface area (Å²) in [5, 5.41) is 2.92. The molecule has 1 heterocycles. The van der Waals surface area contributed by atoms with Crippen LogP contribution in [0.5, 0.6) is 0 Å². The summed E-state index contributed by atoms with van der Waals surface area (Å²) in [7, 11) is 1.79. The van der Waals surface area contributed by atoms with E-state index >= 15 is 0 Å². The molecule has 5 heteroatoms. The number of likely N-dealkylation sites (tertiary alicyclic amines) is 1. The summed E-state index contributed by atoms with van der Waals surface area (Å²) in [5.74, 6) is 0.772. The maximum atomic E-state index is 12.6. The molecule has 0 spiro atoms. The highest BCUT2D eigenvalue weighted by atomic mass is 16.5. The molecule has 0 atom stereocenters. The highest BCUT2D eigenvalue weighted by Crippen LogP contribution is 2.32. The van der Waals surface area contributed by atoms with Crippen LogP contribution < -0.4 is 5.32 Å². The fraction of sp³-hybridized carbons (Fsp3) is 0.955. The predicted octanol–water partition coefficient (Wildman–Crippen LogP) is 4.02. The number of ether oxygens (including phenoxy) is 1. The van der Waals surface area contributed by atoms with Crippen LogP contribution in [-0.4, -0.2) is 67.3 Å². The van der Waals surface area contributed by atoms with Gasteiger partial charge in [0.1, 0.15) is 0 Å². The van der Waals surface area contributed by atoms with Gasteiger partial charge in [-0.15, -0.1) is 0 Å². The molecule has 0 aromatic heterocycles. The summed E-state index contributed by atoms with van der Waals surface area (Å²) >= 11 is 0. The second-order valence-corrected chi connectivity index (χ2v) is 8.86. The van der Waals surface area contributed by atoms with Gasteiger partial charge in [-0.1, -0.05) is 19.3 Å². The molecule has 27 heavy (non-hydrogen) atoms. The fourth-order valence-corrected chi connectivity index (χ4v) is 5.61. The van der Waals surface area contributed by atoms with Gasteiger partial charge < -0.3 is 19.9 Å². The molecule has 156 valence electrons. The van der Waals surface area contributed by atoms with Crippen LogP contribution in [0.2, 0.25) is 0 Å². The minimum Gasteiger partial charge on any atom is -0.381 e. The van der Waals surface area contributed by atoms with Gasteiger partial charge in [0.15, 0.2) is 0 Å². The molecule has 1 N–H and O–H groups in total. The first-order chi connectivity index (χ1) is 13.2. The molecular formula is C22H41N3O2. The number of carbonyl (C=O) groups excluding carboxylic acids is 1. The van der Waals surface area contributed by atoms with Crippen molar-refractivity contribution in [1.29, 1.82) is 0 Å². The van der Waals surface area contributed by atoms with Crippen LogP contribution in [0.15, 0.2) is 0 Å². The van der Waals surface area contributed by atoms with Gasteiger partial charge in [-0.25, -0.2) is 4.79 Å². The maximum Gasteiger partial charge on any atom is 0.317 e. The standard InChI is InChI=1S/C22H41N3O2/c1-3-27-17-18-9-11-19(12-10-18)24-15-13-21(14-16-24)25(22(26)23-2)20-7-5-4-6-8-20/h18-21H,3-17H2,1-2H3,(H,23,26). The number of rotatable bonds is 6. The number of urea groups is 1. The molecule has 3 fully saturated rings. The summed E-state index contributed by atoms with van der Waals surface area (Å²) < 4.78 is 5.63. The van der Waals surface area contributed by atoms with Crippen molar-refractivity contribution in [3.8, 4) is 0 Å². The maximum absolute atomic E-state index is 12.6. The number of hydrogen-bond acceptors (Lipinski definition) is 3. The van der Waals surface area contributed by atoms with Crippen LogP contribution >= 0.6 is 0 Å². The highest BCUT2D eigenvalue weighted by molar-refractivity contribution is 5.74. The number of hydrogen-bond donors (Lipinski definition) is 1. The van der Waals surface area contributed by atoms with Gasteiger partial charge in [0.05, 0.1) is 0 Å². The van der Waals surface area contributed by atoms with Gasteiger partial charge in [-0.05, 0) is 64.2 Å². The average molecular weight is 380 g/mol. The minimum absolute atomic E-state index is 0.150. The van der Waals surface area contributed by atoms with Crippen molar-refractivity contribution < 1.29 is 9.53 Å². The third-order valence-corrected chi connectivity index (χ3v) is 7.20. The molecule has 3 rings (SSSR count). The zero-order valence-corrected chi connectivity index (χ0v) is 17.6. The number of nitrogens with one attached hydrogen (secondary N) is 1. The Kier molecular flexibility index (Phi) is 8.25. The Balaban J connectivity index is 1.47. The van der Waals surface area contributed by atoms with E-state index in [1.54, 1.807) is 7.05 Å². The minimum atomic E-state index is 0.150. The van der Waals surface area contributed by atoms with Crippen molar-refractivity contribution in [3.05, 3.63) is 0 Å². The van der Waals surface area contributed by atoms with Gasteiger partial charge in [0, 0.05) is 51.5 Å². The van der Waals surface area contributed by atoms with Crippen molar-refractivity contribution in [3.63, 3.8) is 0 Å². The topological polar surface area (TPSA) is 44.8 Å². The molecule has 2 aliphatic carbocycles. The van der Waals surface area contributed by atoms with Crippen molar-refractivity contribution in [2.75, 3.05) is 33.4 Å². The van der Waals surface area contributed by atoms with E-state index in [-0.39, 0.29) is 6.03 Å². The molecule has 0 aromatic rings. The summed E-state index contributed by atoms with van der Waals surface area (Å²) in [6.07, 6.45) is 13.8. The van der Waals surface area contributed by atoms with Crippen molar-refractivity contribution >= 4 is 6.03 Å². The molecule has 2 saturated carbocycles.